The molecular formula is C18H27N5O4. The van der Waals surface area contributed by atoms with Crippen LogP contribution >= 0.6 is 0 Å². The zero-order valence-electron chi connectivity index (χ0n) is 16.3. The number of amides is 2. The SMILES string of the molecule is CC(C)NC(=O)c1ccc(N2CCN(CC(=O)N(C)C)CC2)c([N+](=O)[O-])c1. The maximum absolute atomic E-state index is 12.1. The van der Waals surface area contributed by atoms with Crippen LogP contribution in [0.1, 0.15) is 24.2 Å². The second-order valence-electron chi connectivity index (χ2n) is 7.14. The van der Waals surface area contributed by atoms with E-state index >= 15 is 0 Å². The Morgan fingerprint density at radius 1 is 1.22 bits per heavy atom. The van der Waals surface area contributed by atoms with Crippen LogP contribution < -0.4 is 10.2 Å². The van der Waals surface area contributed by atoms with Crippen molar-refractivity contribution in [1.29, 1.82) is 0 Å². The number of nitro benzene ring substituents is 1. The minimum atomic E-state index is -0.455. The molecule has 2 amide bonds. The van der Waals surface area contributed by atoms with E-state index in [9.17, 15) is 19.7 Å². The lowest BCUT2D eigenvalue weighted by atomic mass is 10.1. The largest absolute Gasteiger partial charge is 0.363 e. The van der Waals surface area contributed by atoms with Gasteiger partial charge in [0.05, 0.1) is 11.5 Å². The minimum Gasteiger partial charge on any atom is -0.363 e. The van der Waals surface area contributed by atoms with Crippen LogP contribution in [0.15, 0.2) is 18.2 Å². The van der Waals surface area contributed by atoms with Gasteiger partial charge in [-0.05, 0) is 26.0 Å². The monoisotopic (exact) mass is 377 g/mol. The number of nitrogens with zero attached hydrogens (tertiary/aromatic N) is 4. The van der Waals surface area contributed by atoms with E-state index in [1.807, 2.05) is 23.6 Å². The molecule has 0 unspecified atom stereocenters. The van der Waals surface area contributed by atoms with Gasteiger partial charge in [-0.15, -0.1) is 0 Å². The Morgan fingerprint density at radius 3 is 2.37 bits per heavy atom. The van der Waals surface area contributed by atoms with Crippen LogP contribution in [0, 0.1) is 10.1 Å². The number of nitrogens with one attached hydrogen (secondary N) is 1. The average Bonchev–Trinajstić information content (AvgIpc) is 2.61. The van der Waals surface area contributed by atoms with Crippen molar-refractivity contribution >= 4 is 23.2 Å². The van der Waals surface area contributed by atoms with Gasteiger partial charge in [-0.1, -0.05) is 0 Å². The highest BCUT2D eigenvalue weighted by Crippen LogP contribution is 2.30. The summed E-state index contributed by atoms with van der Waals surface area (Å²) in [5, 5.41) is 14.3. The first-order chi connectivity index (χ1) is 12.7. The first kappa shape index (κ1) is 20.6. The normalized spacial score (nSPS) is 14.9. The standard InChI is InChI=1S/C18H27N5O4/c1-13(2)19-18(25)14-5-6-15(16(11-14)23(26)27)22-9-7-21(8-10-22)12-17(24)20(3)4/h5-6,11,13H,7-10,12H2,1-4H3,(H,19,25). The Kier molecular flexibility index (Phi) is 6.73. The maximum Gasteiger partial charge on any atom is 0.293 e. The zero-order valence-corrected chi connectivity index (χ0v) is 16.3. The predicted octanol–water partition coefficient (Wildman–Crippen LogP) is 0.943. The summed E-state index contributed by atoms with van der Waals surface area (Å²) >= 11 is 0. The second-order valence-corrected chi connectivity index (χ2v) is 7.14. The van der Waals surface area contributed by atoms with Crippen molar-refractivity contribution in [3.05, 3.63) is 33.9 Å². The highest BCUT2D eigenvalue weighted by Gasteiger charge is 2.26. The van der Waals surface area contributed by atoms with Crippen molar-refractivity contribution in [3.63, 3.8) is 0 Å². The fourth-order valence-electron chi connectivity index (χ4n) is 2.90. The number of carbonyl (C=O) groups is 2. The predicted molar refractivity (Wildman–Crippen MR) is 103 cm³/mol. The summed E-state index contributed by atoms with van der Waals surface area (Å²) in [5.74, 6) is -0.290. The van der Waals surface area contributed by atoms with Crippen molar-refractivity contribution < 1.29 is 14.5 Å². The fraction of sp³-hybridized carbons (Fsp3) is 0.556. The molecule has 0 spiro atoms. The van der Waals surface area contributed by atoms with Crippen molar-refractivity contribution in [2.75, 3.05) is 51.7 Å². The van der Waals surface area contributed by atoms with Gasteiger partial charge in [-0.2, -0.15) is 0 Å². The molecule has 27 heavy (non-hydrogen) atoms. The van der Waals surface area contributed by atoms with Gasteiger partial charge in [0, 0.05) is 57.9 Å². The summed E-state index contributed by atoms with van der Waals surface area (Å²) in [6, 6.07) is 4.53. The molecule has 9 heteroatoms. The van der Waals surface area contributed by atoms with Gasteiger partial charge in [0.2, 0.25) is 5.91 Å². The van der Waals surface area contributed by atoms with Gasteiger partial charge < -0.3 is 15.1 Å². The Bertz CT molecular complexity index is 712. The number of hydrogen-bond acceptors (Lipinski definition) is 6. The molecule has 0 bridgehead atoms. The molecule has 1 N–H and O–H groups in total. The van der Waals surface area contributed by atoms with E-state index in [-0.39, 0.29) is 29.1 Å². The lowest BCUT2D eigenvalue weighted by Gasteiger charge is -2.35. The molecule has 2 rings (SSSR count). The number of anilines is 1. The molecule has 1 aliphatic heterocycles. The van der Waals surface area contributed by atoms with Crippen LogP contribution in [0.25, 0.3) is 0 Å². The highest BCUT2D eigenvalue weighted by atomic mass is 16.6. The van der Waals surface area contributed by atoms with E-state index in [4.69, 9.17) is 0 Å². The number of likely N-dealkylation sites (N-methyl/N-ethyl adjacent to an activating group) is 1. The molecule has 1 saturated heterocycles. The van der Waals surface area contributed by atoms with Crippen LogP contribution in [0.2, 0.25) is 0 Å². The molecule has 1 aromatic carbocycles. The molecule has 9 nitrogen and oxygen atoms in total. The zero-order chi connectivity index (χ0) is 20.1. The van der Waals surface area contributed by atoms with Crippen LogP contribution in [-0.2, 0) is 4.79 Å². The lowest BCUT2D eigenvalue weighted by Crippen LogP contribution is -2.49. The molecule has 0 aliphatic carbocycles. The van der Waals surface area contributed by atoms with Gasteiger partial charge in [0.25, 0.3) is 11.6 Å². The highest BCUT2D eigenvalue weighted by molar-refractivity contribution is 5.96. The van der Waals surface area contributed by atoms with E-state index in [2.05, 4.69) is 5.32 Å². The van der Waals surface area contributed by atoms with Crippen LogP contribution in [0.3, 0.4) is 0 Å². The minimum absolute atomic E-state index is 0.0370. The molecule has 0 radical (unpaired) electrons. The molecule has 1 aromatic rings. The summed E-state index contributed by atoms with van der Waals surface area (Å²) in [6.07, 6.45) is 0. The van der Waals surface area contributed by atoms with Crippen LogP contribution in [0.5, 0.6) is 0 Å². The summed E-state index contributed by atoms with van der Waals surface area (Å²) < 4.78 is 0. The van der Waals surface area contributed by atoms with Gasteiger partial charge >= 0.3 is 0 Å². The van der Waals surface area contributed by atoms with Gasteiger partial charge in [0.1, 0.15) is 5.69 Å². The summed E-state index contributed by atoms with van der Waals surface area (Å²) in [7, 11) is 3.44. The van der Waals surface area contributed by atoms with Crippen molar-refractivity contribution in [2.45, 2.75) is 19.9 Å². The molecule has 0 saturated carbocycles. The van der Waals surface area contributed by atoms with Gasteiger partial charge in [0.15, 0.2) is 0 Å². The Morgan fingerprint density at radius 2 is 1.85 bits per heavy atom. The molecule has 1 aliphatic rings. The first-order valence-corrected chi connectivity index (χ1v) is 8.95. The van der Waals surface area contributed by atoms with Crippen LogP contribution in [0.4, 0.5) is 11.4 Å². The van der Waals surface area contributed by atoms with E-state index in [1.165, 1.54) is 6.07 Å². The molecule has 0 atom stereocenters. The first-order valence-electron chi connectivity index (χ1n) is 8.95. The van der Waals surface area contributed by atoms with Crippen LogP contribution in [-0.4, -0.2) is 79.4 Å². The third-order valence-electron chi connectivity index (χ3n) is 4.42. The molecule has 1 fully saturated rings. The van der Waals surface area contributed by atoms with E-state index < -0.39 is 4.92 Å². The Labute approximate surface area is 159 Å². The third kappa shape index (κ3) is 5.40. The van der Waals surface area contributed by atoms with Crippen molar-refractivity contribution in [1.82, 2.24) is 15.1 Å². The summed E-state index contributed by atoms with van der Waals surface area (Å²) in [5.41, 5.74) is 0.693. The number of hydrogen-bond donors (Lipinski definition) is 1. The average molecular weight is 377 g/mol. The smallest absolute Gasteiger partial charge is 0.293 e. The number of nitro groups is 1. The Hall–Kier alpha value is -2.68. The quantitative estimate of drug-likeness (QED) is 0.585. The fourth-order valence-corrected chi connectivity index (χ4v) is 2.90. The molecular weight excluding hydrogens is 350 g/mol. The summed E-state index contributed by atoms with van der Waals surface area (Å²) in [6.45, 7) is 6.47. The molecule has 148 valence electrons. The summed E-state index contributed by atoms with van der Waals surface area (Å²) in [4.78, 5) is 40.6. The number of benzene rings is 1. The second kappa shape index (κ2) is 8.81. The number of carbonyl (C=O) groups excluding carboxylic acids is 2. The number of piperazine rings is 1. The van der Waals surface area contributed by atoms with E-state index in [0.717, 1.165) is 0 Å². The third-order valence-corrected chi connectivity index (χ3v) is 4.42. The lowest BCUT2D eigenvalue weighted by molar-refractivity contribution is -0.384. The topological polar surface area (TPSA) is 99.0 Å². The van der Waals surface area contributed by atoms with E-state index in [1.54, 1.807) is 31.1 Å². The maximum atomic E-state index is 12.1. The van der Waals surface area contributed by atoms with Gasteiger partial charge in [-0.25, -0.2) is 0 Å². The molecule has 0 aromatic heterocycles. The van der Waals surface area contributed by atoms with Crippen molar-refractivity contribution in [2.24, 2.45) is 0 Å². The number of rotatable bonds is 6. The van der Waals surface area contributed by atoms with E-state index in [0.29, 0.717) is 38.4 Å². The van der Waals surface area contributed by atoms with Crippen molar-refractivity contribution in [3.8, 4) is 0 Å². The Balaban J connectivity index is 2.11. The van der Waals surface area contributed by atoms with Gasteiger partial charge in [-0.3, -0.25) is 24.6 Å². The molecule has 1 heterocycles.